The standard InChI is InChI=1S/C16H31NO4/c1-2-13-5-3-4-6-16(13)21-11-14(18)9-17-10-15-12-19-7-8-20-15/h13-18H,2-12H2,1H3. The fourth-order valence-corrected chi connectivity index (χ4v) is 3.22. The molecule has 0 amide bonds. The van der Waals surface area contributed by atoms with Gasteiger partial charge in [-0.25, -0.2) is 0 Å². The Bertz CT molecular complexity index is 271. The molecule has 0 aromatic rings. The fraction of sp³-hybridized carbons (Fsp3) is 1.00. The van der Waals surface area contributed by atoms with E-state index in [4.69, 9.17) is 14.2 Å². The van der Waals surface area contributed by atoms with Crippen LogP contribution in [0.15, 0.2) is 0 Å². The number of hydrogen-bond donors (Lipinski definition) is 2. The highest BCUT2D eigenvalue weighted by atomic mass is 16.6. The molecule has 5 heteroatoms. The zero-order valence-corrected chi connectivity index (χ0v) is 13.3. The summed E-state index contributed by atoms with van der Waals surface area (Å²) in [4.78, 5) is 0. The largest absolute Gasteiger partial charge is 0.389 e. The zero-order chi connectivity index (χ0) is 14.9. The van der Waals surface area contributed by atoms with Gasteiger partial charge in [0, 0.05) is 13.1 Å². The lowest BCUT2D eigenvalue weighted by molar-refractivity contribution is -0.0879. The van der Waals surface area contributed by atoms with Gasteiger partial charge in [-0.05, 0) is 18.8 Å². The van der Waals surface area contributed by atoms with E-state index in [9.17, 15) is 5.11 Å². The molecule has 21 heavy (non-hydrogen) atoms. The topological polar surface area (TPSA) is 60.0 Å². The molecule has 1 heterocycles. The summed E-state index contributed by atoms with van der Waals surface area (Å²) in [6.45, 7) is 5.92. The van der Waals surface area contributed by atoms with E-state index in [2.05, 4.69) is 12.2 Å². The van der Waals surface area contributed by atoms with E-state index < -0.39 is 6.10 Å². The van der Waals surface area contributed by atoms with Crippen LogP contribution in [0.25, 0.3) is 0 Å². The second-order valence-electron chi connectivity index (χ2n) is 6.20. The van der Waals surface area contributed by atoms with Gasteiger partial charge in [0.05, 0.1) is 44.7 Å². The molecule has 2 N–H and O–H groups in total. The normalized spacial score (nSPS) is 32.0. The summed E-state index contributed by atoms with van der Waals surface area (Å²) in [7, 11) is 0. The van der Waals surface area contributed by atoms with Gasteiger partial charge >= 0.3 is 0 Å². The van der Waals surface area contributed by atoms with E-state index in [-0.39, 0.29) is 6.10 Å². The Labute approximate surface area is 128 Å². The molecule has 0 radical (unpaired) electrons. The summed E-state index contributed by atoms with van der Waals surface area (Å²) >= 11 is 0. The first-order valence-electron chi connectivity index (χ1n) is 8.49. The van der Waals surface area contributed by atoms with Crippen LogP contribution >= 0.6 is 0 Å². The van der Waals surface area contributed by atoms with Crippen molar-refractivity contribution in [1.82, 2.24) is 5.32 Å². The molecule has 4 unspecified atom stereocenters. The minimum absolute atomic E-state index is 0.106. The van der Waals surface area contributed by atoms with Crippen LogP contribution in [0.4, 0.5) is 0 Å². The molecule has 0 aromatic carbocycles. The first-order valence-corrected chi connectivity index (χ1v) is 8.49. The Kier molecular flexibility index (Phi) is 7.96. The SMILES string of the molecule is CCC1CCCCC1OCC(O)CNCC1COCCO1. The molecule has 4 atom stereocenters. The molecule has 1 aliphatic heterocycles. The van der Waals surface area contributed by atoms with E-state index in [1.165, 1.54) is 25.7 Å². The molecular weight excluding hydrogens is 270 g/mol. The van der Waals surface area contributed by atoms with Crippen LogP contribution < -0.4 is 5.32 Å². The number of hydrogen-bond acceptors (Lipinski definition) is 5. The Balaban J connectivity index is 1.55. The van der Waals surface area contributed by atoms with Gasteiger partial charge in [-0.15, -0.1) is 0 Å². The number of aliphatic hydroxyl groups excluding tert-OH is 1. The molecule has 0 bridgehead atoms. The van der Waals surface area contributed by atoms with Crippen LogP contribution in [-0.4, -0.2) is 62.9 Å². The zero-order valence-electron chi connectivity index (χ0n) is 13.3. The quantitative estimate of drug-likeness (QED) is 0.708. The fourth-order valence-electron chi connectivity index (χ4n) is 3.22. The lowest BCUT2D eigenvalue weighted by Gasteiger charge is -2.31. The molecule has 2 aliphatic rings. The van der Waals surface area contributed by atoms with E-state index in [0.717, 1.165) is 13.0 Å². The molecule has 2 rings (SSSR count). The summed E-state index contributed by atoms with van der Waals surface area (Å²) in [5.41, 5.74) is 0. The lowest BCUT2D eigenvalue weighted by atomic mass is 9.85. The summed E-state index contributed by atoms with van der Waals surface area (Å²) in [6.07, 6.45) is 6.18. The van der Waals surface area contributed by atoms with Crippen molar-refractivity contribution < 1.29 is 19.3 Å². The minimum atomic E-state index is -0.450. The number of aliphatic hydroxyl groups is 1. The van der Waals surface area contributed by atoms with E-state index >= 15 is 0 Å². The first kappa shape index (κ1) is 17.2. The summed E-state index contributed by atoms with van der Waals surface area (Å²) in [5, 5.41) is 13.2. The third-order valence-corrected chi connectivity index (χ3v) is 4.50. The van der Waals surface area contributed by atoms with Gasteiger partial charge in [0.25, 0.3) is 0 Å². The Morgan fingerprint density at radius 1 is 1.29 bits per heavy atom. The van der Waals surface area contributed by atoms with Crippen LogP contribution in [0.3, 0.4) is 0 Å². The first-order chi connectivity index (χ1) is 10.3. The van der Waals surface area contributed by atoms with Crippen LogP contribution in [0.5, 0.6) is 0 Å². The Morgan fingerprint density at radius 3 is 2.90 bits per heavy atom. The predicted octanol–water partition coefficient (Wildman–Crippen LogP) is 1.34. The van der Waals surface area contributed by atoms with Gasteiger partial charge in [0.2, 0.25) is 0 Å². The Morgan fingerprint density at radius 2 is 2.14 bits per heavy atom. The van der Waals surface area contributed by atoms with Crippen LogP contribution in [0.2, 0.25) is 0 Å². The highest BCUT2D eigenvalue weighted by molar-refractivity contribution is 4.75. The van der Waals surface area contributed by atoms with Gasteiger partial charge in [-0.1, -0.05) is 26.2 Å². The van der Waals surface area contributed by atoms with Gasteiger partial charge in [-0.2, -0.15) is 0 Å². The maximum absolute atomic E-state index is 10.0. The number of ether oxygens (including phenoxy) is 3. The second-order valence-corrected chi connectivity index (χ2v) is 6.20. The average molecular weight is 301 g/mol. The highest BCUT2D eigenvalue weighted by Crippen LogP contribution is 2.29. The third-order valence-electron chi connectivity index (χ3n) is 4.50. The summed E-state index contributed by atoms with van der Waals surface area (Å²) in [6, 6.07) is 0. The summed E-state index contributed by atoms with van der Waals surface area (Å²) in [5.74, 6) is 0.673. The van der Waals surface area contributed by atoms with Gasteiger partial charge < -0.3 is 24.6 Å². The smallest absolute Gasteiger partial charge is 0.0933 e. The molecule has 1 saturated heterocycles. The minimum Gasteiger partial charge on any atom is -0.389 e. The van der Waals surface area contributed by atoms with Crippen molar-refractivity contribution in [1.29, 1.82) is 0 Å². The molecule has 0 aromatic heterocycles. The maximum atomic E-state index is 10.0. The van der Waals surface area contributed by atoms with Crippen LogP contribution in [-0.2, 0) is 14.2 Å². The molecule has 1 aliphatic carbocycles. The van der Waals surface area contributed by atoms with E-state index in [1.54, 1.807) is 0 Å². The Hall–Kier alpha value is -0.200. The molecule has 2 fully saturated rings. The molecular formula is C16H31NO4. The lowest BCUT2D eigenvalue weighted by Crippen LogP contribution is -2.41. The van der Waals surface area contributed by atoms with Gasteiger partial charge in [0.1, 0.15) is 0 Å². The predicted molar refractivity (Wildman–Crippen MR) is 81.4 cm³/mol. The average Bonchev–Trinajstić information content (AvgIpc) is 2.54. The molecule has 5 nitrogen and oxygen atoms in total. The van der Waals surface area contributed by atoms with Crippen molar-refractivity contribution in [3.8, 4) is 0 Å². The van der Waals surface area contributed by atoms with Crippen molar-refractivity contribution in [3.63, 3.8) is 0 Å². The van der Waals surface area contributed by atoms with Crippen molar-refractivity contribution >= 4 is 0 Å². The van der Waals surface area contributed by atoms with E-state index in [1.807, 2.05) is 0 Å². The van der Waals surface area contributed by atoms with Crippen LogP contribution in [0, 0.1) is 5.92 Å². The van der Waals surface area contributed by atoms with E-state index in [0.29, 0.717) is 45.0 Å². The van der Waals surface area contributed by atoms with Crippen molar-refractivity contribution in [2.45, 2.75) is 57.3 Å². The maximum Gasteiger partial charge on any atom is 0.0933 e. The molecule has 1 saturated carbocycles. The summed E-state index contributed by atoms with van der Waals surface area (Å²) < 4.78 is 16.8. The second kappa shape index (κ2) is 9.74. The van der Waals surface area contributed by atoms with Crippen molar-refractivity contribution in [2.24, 2.45) is 5.92 Å². The number of rotatable bonds is 8. The van der Waals surface area contributed by atoms with Crippen LogP contribution in [0.1, 0.15) is 39.0 Å². The van der Waals surface area contributed by atoms with Gasteiger partial charge in [0.15, 0.2) is 0 Å². The van der Waals surface area contributed by atoms with Gasteiger partial charge in [-0.3, -0.25) is 0 Å². The van der Waals surface area contributed by atoms with Crippen molar-refractivity contribution in [3.05, 3.63) is 0 Å². The third kappa shape index (κ3) is 6.20. The van der Waals surface area contributed by atoms with Crippen molar-refractivity contribution in [2.75, 3.05) is 39.5 Å². The number of nitrogens with one attached hydrogen (secondary N) is 1. The molecule has 124 valence electrons. The monoisotopic (exact) mass is 301 g/mol. The molecule has 0 spiro atoms. The highest BCUT2D eigenvalue weighted by Gasteiger charge is 2.25.